The Morgan fingerprint density at radius 3 is 3.18 bits per heavy atom. The van der Waals surface area contributed by atoms with Crippen LogP contribution in [0.2, 0.25) is 0 Å². The van der Waals surface area contributed by atoms with Gasteiger partial charge in [0.05, 0.1) is 31.0 Å². The average Bonchev–Trinajstić information content (AvgIpc) is 2.38. The molecule has 5 nitrogen and oxygen atoms in total. The van der Waals surface area contributed by atoms with Gasteiger partial charge in [-0.1, -0.05) is 0 Å². The summed E-state index contributed by atoms with van der Waals surface area (Å²) in [5.41, 5.74) is 5.82. The first-order valence-corrected chi connectivity index (χ1v) is 5.41. The number of rotatable bonds is 2. The molecule has 2 N–H and O–H groups in total. The van der Waals surface area contributed by atoms with Gasteiger partial charge in [0.1, 0.15) is 5.82 Å². The minimum atomic E-state index is -0.520. The average molecular weight is 239 g/mol. The molecule has 0 aromatic carbocycles. The number of nitrogens with two attached hydrogens (primary N) is 1. The van der Waals surface area contributed by atoms with Gasteiger partial charge in [0, 0.05) is 19.3 Å². The zero-order chi connectivity index (χ0) is 12.3. The summed E-state index contributed by atoms with van der Waals surface area (Å²) in [6, 6.07) is 1.03. The van der Waals surface area contributed by atoms with Crippen molar-refractivity contribution in [3.63, 3.8) is 0 Å². The van der Waals surface area contributed by atoms with E-state index in [2.05, 4.69) is 4.98 Å². The van der Waals surface area contributed by atoms with Crippen LogP contribution in [0.15, 0.2) is 18.5 Å². The zero-order valence-electron chi connectivity index (χ0n) is 9.30. The third-order valence-electron chi connectivity index (χ3n) is 2.71. The molecule has 1 atom stereocenters. The molecule has 0 spiro atoms. The zero-order valence-corrected chi connectivity index (χ0v) is 9.30. The molecule has 1 aliphatic heterocycles. The highest BCUT2D eigenvalue weighted by molar-refractivity contribution is 5.94. The highest BCUT2D eigenvalue weighted by atomic mass is 19.1. The minimum Gasteiger partial charge on any atom is -0.377 e. The fraction of sp³-hybridized carbons (Fsp3) is 0.455. The van der Waals surface area contributed by atoms with Crippen molar-refractivity contribution in [2.24, 2.45) is 5.73 Å². The van der Waals surface area contributed by atoms with Crippen molar-refractivity contribution in [3.05, 3.63) is 29.8 Å². The number of ether oxygens (including phenoxy) is 1. The number of pyridine rings is 1. The second-order valence-corrected chi connectivity index (χ2v) is 3.85. The highest BCUT2D eigenvalue weighted by Gasteiger charge is 2.27. The summed E-state index contributed by atoms with van der Waals surface area (Å²) in [5.74, 6) is -0.774. The van der Waals surface area contributed by atoms with Gasteiger partial charge in [0.15, 0.2) is 0 Å². The molecule has 92 valence electrons. The first-order valence-electron chi connectivity index (χ1n) is 5.41. The van der Waals surface area contributed by atoms with Gasteiger partial charge in [0.2, 0.25) is 0 Å². The maximum atomic E-state index is 13.0. The van der Waals surface area contributed by atoms with Gasteiger partial charge in [-0.2, -0.15) is 0 Å². The SMILES string of the molecule is NCC1COCCN1C(=O)c1cncc(F)c1. The van der Waals surface area contributed by atoms with Gasteiger partial charge in [-0.05, 0) is 6.07 Å². The molecule has 0 saturated carbocycles. The predicted octanol–water partition coefficient (Wildman–Crippen LogP) is 0.0204. The molecular weight excluding hydrogens is 225 g/mol. The Bertz CT molecular complexity index is 413. The standard InChI is InChI=1S/C11H14FN3O2/c12-9-3-8(5-14-6-9)11(16)15-1-2-17-7-10(15)4-13/h3,5-6,10H,1-2,4,7,13H2. The van der Waals surface area contributed by atoms with Crippen molar-refractivity contribution in [1.29, 1.82) is 0 Å². The van der Waals surface area contributed by atoms with E-state index >= 15 is 0 Å². The summed E-state index contributed by atoms with van der Waals surface area (Å²) in [4.78, 5) is 17.4. The van der Waals surface area contributed by atoms with E-state index in [0.717, 1.165) is 6.20 Å². The molecule has 6 heteroatoms. The molecule has 1 aromatic rings. The molecule has 1 amide bonds. The topological polar surface area (TPSA) is 68.5 Å². The molecular formula is C11H14FN3O2. The fourth-order valence-corrected chi connectivity index (χ4v) is 1.81. The Kier molecular flexibility index (Phi) is 3.65. The number of aromatic nitrogens is 1. The summed E-state index contributed by atoms with van der Waals surface area (Å²) in [6.45, 7) is 1.70. The molecule has 1 fully saturated rings. The van der Waals surface area contributed by atoms with Crippen molar-refractivity contribution in [1.82, 2.24) is 9.88 Å². The largest absolute Gasteiger partial charge is 0.377 e. The van der Waals surface area contributed by atoms with Crippen molar-refractivity contribution in [2.45, 2.75) is 6.04 Å². The van der Waals surface area contributed by atoms with Crippen molar-refractivity contribution in [3.8, 4) is 0 Å². The van der Waals surface area contributed by atoms with Crippen LogP contribution in [0, 0.1) is 5.82 Å². The second-order valence-electron chi connectivity index (χ2n) is 3.85. The summed E-state index contributed by atoms with van der Waals surface area (Å²) in [7, 11) is 0. The van der Waals surface area contributed by atoms with Gasteiger partial charge in [-0.15, -0.1) is 0 Å². The van der Waals surface area contributed by atoms with E-state index < -0.39 is 5.82 Å². The molecule has 1 aromatic heterocycles. The van der Waals surface area contributed by atoms with Crippen LogP contribution in [0.1, 0.15) is 10.4 Å². The molecule has 17 heavy (non-hydrogen) atoms. The number of hydrogen-bond donors (Lipinski definition) is 1. The molecule has 0 radical (unpaired) electrons. The predicted molar refractivity (Wildman–Crippen MR) is 58.9 cm³/mol. The van der Waals surface area contributed by atoms with Gasteiger partial charge < -0.3 is 15.4 Å². The van der Waals surface area contributed by atoms with E-state index in [-0.39, 0.29) is 17.5 Å². The minimum absolute atomic E-state index is 0.153. The number of halogens is 1. The van der Waals surface area contributed by atoms with E-state index in [1.54, 1.807) is 4.90 Å². The third kappa shape index (κ3) is 2.59. The monoisotopic (exact) mass is 239 g/mol. The number of carbonyl (C=O) groups is 1. The van der Waals surface area contributed by atoms with Crippen LogP contribution in [0.25, 0.3) is 0 Å². The molecule has 1 aliphatic rings. The van der Waals surface area contributed by atoms with Crippen molar-refractivity contribution >= 4 is 5.91 Å². The molecule has 0 aliphatic carbocycles. The van der Waals surface area contributed by atoms with Gasteiger partial charge in [-0.3, -0.25) is 9.78 Å². The Morgan fingerprint density at radius 1 is 1.65 bits per heavy atom. The molecule has 2 rings (SSSR count). The van der Waals surface area contributed by atoms with Crippen LogP contribution in [0.3, 0.4) is 0 Å². The van der Waals surface area contributed by atoms with E-state index in [0.29, 0.717) is 26.3 Å². The lowest BCUT2D eigenvalue weighted by molar-refractivity contribution is 0.000794. The van der Waals surface area contributed by atoms with Crippen LogP contribution in [0.5, 0.6) is 0 Å². The number of hydrogen-bond acceptors (Lipinski definition) is 4. The highest BCUT2D eigenvalue weighted by Crippen LogP contribution is 2.12. The van der Waals surface area contributed by atoms with E-state index in [4.69, 9.17) is 10.5 Å². The Morgan fingerprint density at radius 2 is 2.47 bits per heavy atom. The summed E-state index contributed by atoms with van der Waals surface area (Å²) in [5, 5.41) is 0. The van der Waals surface area contributed by atoms with Crippen LogP contribution in [-0.4, -0.2) is 48.1 Å². The number of morpholine rings is 1. The van der Waals surface area contributed by atoms with E-state index in [9.17, 15) is 9.18 Å². The number of carbonyl (C=O) groups excluding carboxylic acids is 1. The second kappa shape index (κ2) is 5.20. The Labute approximate surface area is 98.4 Å². The smallest absolute Gasteiger partial charge is 0.255 e. The number of amides is 1. The molecule has 0 bridgehead atoms. The Hall–Kier alpha value is -1.53. The molecule has 2 heterocycles. The lowest BCUT2D eigenvalue weighted by Gasteiger charge is -2.34. The molecule has 1 unspecified atom stereocenters. The van der Waals surface area contributed by atoms with Crippen LogP contribution in [0.4, 0.5) is 4.39 Å². The maximum absolute atomic E-state index is 13.0. The normalized spacial score (nSPS) is 20.4. The number of nitrogens with zero attached hydrogens (tertiary/aromatic N) is 2. The first-order chi connectivity index (χ1) is 8.22. The summed E-state index contributed by atoms with van der Waals surface area (Å²) >= 11 is 0. The lowest BCUT2D eigenvalue weighted by Crippen LogP contribution is -2.52. The van der Waals surface area contributed by atoms with E-state index in [1.165, 1.54) is 12.3 Å². The lowest BCUT2D eigenvalue weighted by atomic mass is 10.1. The van der Waals surface area contributed by atoms with E-state index in [1.807, 2.05) is 0 Å². The van der Waals surface area contributed by atoms with Crippen LogP contribution >= 0.6 is 0 Å². The van der Waals surface area contributed by atoms with Gasteiger partial charge in [-0.25, -0.2) is 4.39 Å². The van der Waals surface area contributed by atoms with Gasteiger partial charge in [0.25, 0.3) is 5.91 Å². The first kappa shape index (κ1) is 11.9. The van der Waals surface area contributed by atoms with Gasteiger partial charge >= 0.3 is 0 Å². The van der Waals surface area contributed by atoms with Crippen LogP contribution in [-0.2, 0) is 4.74 Å². The maximum Gasteiger partial charge on any atom is 0.255 e. The van der Waals surface area contributed by atoms with Crippen molar-refractivity contribution < 1.29 is 13.9 Å². The Balaban J connectivity index is 2.18. The fourth-order valence-electron chi connectivity index (χ4n) is 1.81. The quantitative estimate of drug-likeness (QED) is 0.790. The third-order valence-corrected chi connectivity index (χ3v) is 2.71. The van der Waals surface area contributed by atoms with Crippen molar-refractivity contribution in [2.75, 3.05) is 26.3 Å². The molecule has 1 saturated heterocycles. The summed E-state index contributed by atoms with van der Waals surface area (Å²) < 4.78 is 18.2. The summed E-state index contributed by atoms with van der Waals surface area (Å²) in [6.07, 6.45) is 2.42. The van der Waals surface area contributed by atoms with Crippen LogP contribution < -0.4 is 5.73 Å².